The van der Waals surface area contributed by atoms with E-state index in [4.69, 9.17) is 14.2 Å². The maximum Gasteiger partial charge on any atom is 0.330 e. The van der Waals surface area contributed by atoms with Gasteiger partial charge in [0, 0.05) is 34.5 Å². The zero-order valence-electron chi connectivity index (χ0n) is 21.4. The molecule has 5 unspecified atom stereocenters. The molecule has 1 spiro atoms. The number of hydrogen-bond donors (Lipinski definition) is 1. The average Bonchev–Trinajstić information content (AvgIpc) is 3.41. The van der Waals surface area contributed by atoms with Crippen molar-refractivity contribution in [1.82, 2.24) is 4.98 Å². The number of methoxy groups -OCH3 is 1. The number of rotatable bonds is 1. The van der Waals surface area contributed by atoms with E-state index in [9.17, 15) is 4.79 Å². The van der Waals surface area contributed by atoms with Crippen LogP contribution in [0, 0.1) is 17.3 Å². The Hall–Kier alpha value is -2.37. The van der Waals surface area contributed by atoms with Crippen LogP contribution in [-0.4, -0.2) is 35.6 Å². The van der Waals surface area contributed by atoms with E-state index in [1.54, 1.807) is 6.08 Å². The fraction of sp³-hybridized carbons (Fsp3) is 0.567. The summed E-state index contributed by atoms with van der Waals surface area (Å²) in [6, 6.07) is 8.76. The first kappa shape index (κ1) is 21.9. The molecule has 1 aromatic carbocycles. The van der Waals surface area contributed by atoms with Gasteiger partial charge < -0.3 is 19.2 Å². The van der Waals surface area contributed by atoms with Crippen molar-refractivity contribution < 1.29 is 19.0 Å². The summed E-state index contributed by atoms with van der Waals surface area (Å²) >= 11 is 0. The van der Waals surface area contributed by atoms with Crippen molar-refractivity contribution in [1.29, 1.82) is 0 Å². The monoisotopic (exact) mass is 473 g/mol. The number of benzene rings is 1. The first-order valence-electron chi connectivity index (χ1n) is 13.1. The first-order chi connectivity index (χ1) is 16.6. The molecule has 3 heterocycles. The molecule has 184 valence electrons. The van der Waals surface area contributed by atoms with Gasteiger partial charge in [0.25, 0.3) is 0 Å². The number of aromatic nitrogens is 1. The number of ether oxygens (including phenoxy) is 3. The smallest absolute Gasteiger partial charge is 0.330 e. The second-order valence-electron chi connectivity index (χ2n) is 12.4. The van der Waals surface area contributed by atoms with Gasteiger partial charge in [-0.05, 0) is 79.6 Å². The van der Waals surface area contributed by atoms with Gasteiger partial charge in [-0.25, -0.2) is 4.79 Å². The van der Waals surface area contributed by atoms with Crippen molar-refractivity contribution >= 4 is 16.9 Å². The van der Waals surface area contributed by atoms with Gasteiger partial charge in [0.15, 0.2) is 5.79 Å². The highest BCUT2D eigenvalue weighted by Gasteiger charge is 2.69. The molecule has 7 rings (SSSR count). The Morgan fingerprint density at radius 1 is 1.14 bits per heavy atom. The normalized spacial score (nSPS) is 41.7. The first-order valence-corrected chi connectivity index (χ1v) is 13.1. The number of esters is 1. The third kappa shape index (κ3) is 2.54. The van der Waals surface area contributed by atoms with Crippen molar-refractivity contribution in [3.05, 3.63) is 58.8 Å². The molecule has 5 nitrogen and oxygen atoms in total. The van der Waals surface area contributed by atoms with Gasteiger partial charge in [0.1, 0.15) is 6.10 Å². The molecule has 1 N–H and O–H groups in total. The van der Waals surface area contributed by atoms with Crippen molar-refractivity contribution in [3.63, 3.8) is 0 Å². The molecule has 5 aliphatic rings. The molecule has 3 fully saturated rings. The molecule has 2 aromatic rings. The van der Waals surface area contributed by atoms with E-state index in [2.05, 4.69) is 63.0 Å². The highest BCUT2D eigenvalue weighted by molar-refractivity contribution is 5.86. The minimum absolute atomic E-state index is 0.0456. The van der Waals surface area contributed by atoms with Crippen LogP contribution in [0.3, 0.4) is 0 Å². The maximum atomic E-state index is 12.3. The lowest BCUT2D eigenvalue weighted by Gasteiger charge is -2.62. The summed E-state index contributed by atoms with van der Waals surface area (Å²) in [4.78, 5) is 16.1. The third-order valence-corrected chi connectivity index (χ3v) is 10.6. The third-order valence-electron chi connectivity index (χ3n) is 10.6. The standard InChI is InChI=1S/C30H35NO4/c1-27(2)26-17(15-24(32)33-5)14-22-21-11-10-18-16-20-19-8-6-7-9-23(19)31-25(20)29(18,4)28(21,3)12-13-30(22,34-26)35-27/h6-9,14-15,18,21,26,31H,10-13,16H2,1-5H3/b17-15-/t18?,21?,26?,28?,29-,30?/m1/s1. The molecule has 2 aliphatic heterocycles. The van der Waals surface area contributed by atoms with Gasteiger partial charge in [-0.15, -0.1) is 0 Å². The highest BCUT2D eigenvalue weighted by Crippen LogP contribution is 2.70. The Bertz CT molecular complexity index is 1330. The van der Waals surface area contributed by atoms with E-state index in [1.807, 2.05) is 0 Å². The topological polar surface area (TPSA) is 60.6 Å². The molecule has 0 radical (unpaired) electrons. The molecule has 6 atom stereocenters. The summed E-state index contributed by atoms with van der Waals surface area (Å²) in [5, 5.41) is 1.39. The lowest BCUT2D eigenvalue weighted by molar-refractivity contribution is -0.203. The van der Waals surface area contributed by atoms with Crippen LogP contribution >= 0.6 is 0 Å². The van der Waals surface area contributed by atoms with Gasteiger partial charge in [-0.2, -0.15) is 0 Å². The summed E-state index contributed by atoms with van der Waals surface area (Å²) in [6.07, 6.45) is 8.92. The summed E-state index contributed by atoms with van der Waals surface area (Å²) in [5.41, 5.74) is 5.92. The van der Waals surface area contributed by atoms with Crippen molar-refractivity contribution in [2.45, 2.75) is 82.7 Å². The highest BCUT2D eigenvalue weighted by atomic mass is 16.8. The van der Waals surface area contributed by atoms with Crippen LogP contribution in [0.2, 0.25) is 0 Å². The van der Waals surface area contributed by atoms with Crippen LogP contribution in [0.5, 0.6) is 0 Å². The minimum Gasteiger partial charge on any atom is -0.466 e. The van der Waals surface area contributed by atoms with Crippen molar-refractivity contribution in [3.8, 4) is 0 Å². The molecular formula is C30H35NO4. The number of aromatic amines is 1. The summed E-state index contributed by atoms with van der Waals surface area (Å²) in [6.45, 7) is 9.18. The quantitative estimate of drug-likeness (QED) is 0.424. The number of para-hydroxylation sites is 1. The number of H-pyrrole nitrogens is 1. The molecule has 1 saturated heterocycles. The largest absolute Gasteiger partial charge is 0.466 e. The summed E-state index contributed by atoms with van der Waals surface area (Å²) < 4.78 is 18.5. The van der Waals surface area contributed by atoms with Crippen LogP contribution in [0.1, 0.15) is 64.6 Å². The average molecular weight is 474 g/mol. The molecule has 2 bridgehead atoms. The summed E-state index contributed by atoms with van der Waals surface area (Å²) in [7, 11) is 1.43. The van der Waals surface area contributed by atoms with Gasteiger partial charge in [-0.3, -0.25) is 0 Å². The molecule has 0 amide bonds. The van der Waals surface area contributed by atoms with Crippen LogP contribution in [0.25, 0.3) is 10.9 Å². The minimum atomic E-state index is -0.684. The van der Waals surface area contributed by atoms with E-state index >= 15 is 0 Å². The molecule has 3 aliphatic carbocycles. The second-order valence-corrected chi connectivity index (χ2v) is 12.4. The SMILES string of the molecule is COC(=O)/C=C1/C=C2C3CCC4Cc5c([nH]c6ccccc56)[C@]4(C)C3(C)CCC23OC1C(C)(C)O3. The molecular weight excluding hydrogens is 438 g/mol. The number of fused-ring (bicyclic) bond motifs is 9. The van der Waals surface area contributed by atoms with E-state index in [0.29, 0.717) is 11.8 Å². The van der Waals surface area contributed by atoms with Crippen molar-refractivity contribution in [2.24, 2.45) is 17.3 Å². The Balaban J connectivity index is 1.38. The number of carbonyl (C=O) groups is 1. The van der Waals surface area contributed by atoms with E-state index in [0.717, 1.165) is 31.3 Å². The predicted octanol–water partition coefficient (Wildman–Crippen LogP) is 5.74. The maximum absolute atomic E-state index is 12.3. The fourth-order valence-electron chi connectivity index (χ4n) is 8.79. The molecule has 5 heteroatoms. The van der Waals surface area contributed by atoms with Crippen LogP contribution < -0.4 is 0 Å². The van der Waals surface area contributed by atoms with Gasteiger partial charge in [-0.1, -0.05) is 38.1 Å². The second kappa shape index (κ2) is 6.68. The van der Waals surface area contributed by atoms with Crippen LogP contribution in [0.4, 0.5) is 0 Å². The Morgan fingerprint density at radius 3 is 2.74 bits per heavy atom. The van der Waals surface area contributed by atoms with Crippen LogP contribution in [0.15, 0.2) is 47.6 Å². The summed E-state index contributed by atoms with van der Waals surface area (Å²) in [5.74, 6) is -0.0710. The number of carbonyl (C=O) groups excluding carboxylic acids is 1. The van der Waals surface area contributed by atoms with E-state index < -0.39 is 11.4 Å². The number of hydrogen-bond acceptors (Lipinski definition) is 4. The van der Waals surface area contributed by atoms with E-state index in [-0.39, 0.29) is 22.9 Å². The Labute approximate surface area is 206 Å². The van der Waals surface area contributed by atoms with E-state index in [1.165, 1.54) is 41.3 Å². The molecule has 35 heavy (non-hydrogen) atoms. The van der Waals surface area contributed by atoms with Gasteiger partial charge >= 0.3 is 5.97 Å². The van der Waals surface area contributed by atoms with Gasteiger partial charge in [0.05, 0.1) is 12.7 Å². The zero-order chi connectivity index (χ0) is 24.4. The lowest BCUT2D eigenvalue weighted by Crippen LogP contribution is -2.60. The van der Waals surface area contributed by atoms with Gasteiger partial charge in [0.2, 0.25) is 0 Å². The Kier molecular flexibility index (Phi) is 4.18. The Morgan fingerprint density at radius 2 is 1.94 bits per heavy atom. The molecule has 1 aromatic heterocycles. The predicted molar refractivity (Wildman–Crippen MR) is 134 cm³/mol. The lowest BCUT2D eigenvalue weighted by atomic mass is 9.44. The molecule has 2 saturated carbocycles. The number of nitrogens with one attached hydrogen (secondary N) is 1. The van der Waals surface area contributed by atoms with Crippen molar-refractivity contribution in [2.75, 3.05) is 7.11 Å². The fourth-order valence-corrected chi connectivity index (χ4v) is 8.79. The zero-order valence-corrected chi connectivity index (χ0v) is 21.4. The van der Waals surface area contributed by atoms with Crippen LogP contribution in [-0.2, 0) is 30.8 Å².